The summed E-state index contributed by atoms with van der Waals surface area (Å²) in [4.78, 5) is 14.8. The van der Waals surface area contributed by atoms with Gasteiger partial charge in [0.15, 0.2) is 0 Å². The lowest BCUT2D eigenvalue weighted by atomic mass is 10.1. The molecule has 1 aliphatic carbocycles. The molecule has 132 valence electrons. The molecule has 4 nitrogen and oxygen atoms in total. The number of nitrogens with zero attached hydrogens (tertiary/aromatic N) is 1. The predicted molar refractivity (Wildman–Crippen MR) is 103 cm³/mol. The standard InChI is InChI=1S/C20H23ClN2O2/c1-14(15-7-8-15)23(16-9-11-17(25-2)12-10-16)20(24)13-22-19-6-4-3-5-18(19)21/h3-6,9-12,14-15,22H,7-8,13H2,1-2H3. The Labute approximate surface area is 153 Å². The summed E-state index contributed by atoms with van der Waals surface area (Å²) in [7, 11) is 1.64. The van der Waals surface area contributed by atoms with Gasteiger partial charge in [0.25, 0.3) is 0 Å². The molecule has 3 rings (SSSR count). The molecule has 1 aliphatic rings. The summed E-state index contributed by atoms with van der Waals surface area (Å²) in [6.07, 6.45) is 2.36. The molecule has 0 bridgehead atoms. The van der Waals surface area contributed by atoms with Crippen molar-refractivity contribution in [1.29, 1.82) is 0 Å². The number of hydrogen-bond acceptors (Lipinski definition) is 3. The van der Waals surface area contributed by atoms with Crippen molar-refractivity contribution >= 4 is 28.9 Å². The van der Waals surface area contributed by atoms with Crippen molar-refractivity contribution in [2.45, 2.75) is 25.8 Å². The molecule has 0 heterocycles. The first-order valence-electron chi connectivity index (χ1n) is 8.54. The highest BCUT2D eigenvalue weighted by Gasteiger charge is 2.35. The minimum atomic E-state index is 0.0319. The van der Waals surface area contributed by atoms with Crippen LogP contribution in [0.2, 0.25) is 5.02 Å². The van der Waals surface area contributed by atoms with Gasteiger partial charge in [-0.2, -0.15) is 0 Å². The van der Waals surface area contributed by atoms with Gasteiger partial charge in [0.2, 0.25) is 5.91 Å². The normalized spacial score (nSPS) is 14.7. The Bertz CT molecular complexity index is 729. The van der Waals surface area contributed by atoms with E-state index in [0.29, 0.717) is 10.9 Å². The number of benzene rings is 2. The number of ether oxygens (including phenoxy) is 1. The van der Waals surface area contributed by atoms with Gasteiger partial charge < -0.3 is 15.0 Å². The van der Waals surface area contributed by atoms with Crippen LogP contribution >= 0.6 is 11.6 Å². The van der Waals surface area contributed by atoms with Crippen LogP contribution in [0, 0.1) is 5.92 Å². The quantitative estimate of drug-likeness (QED) is 0.786. The van der Waals surface area contributed by atoms with Gasteiger partial charge in [0, 0.05) is 11.7 Å². The minimum Gasteiger partial charge on any atom is -0.497 e. The third-order valence-electron chi connectivity index (χ3n) is 4.63. The number of carbonyl (C=O) groups is 1. The van der Waals surface area contributed by atoms with Crippen LogP contribution in [0.5, 0.6) is 5.75 Å². The van der Waals surface area contributed by atoms with Gasteiger partial charge in [0.1, 0.15) is 5.75 Å². The van der Waals surface area contributed by atoms with E-state index >= 15 is 0 Å². The van der Waals surface area contributed by atoms with Crippen LogP contribution in [-0.4, -0.2) is 25.6 Å². The van der Waals surface area contributed by atoms with Gasteiger partial charge >= 0.3 is 0 Å². The smallest absolute Gasteiger partial charge is 0.246 e. The maximum atomic E-state index is 12.9. The third kappa shape index (κ3) is 4.26. The fraction of sp³-hybridized carbons (Fsp3) is 0.350. The molecule has 1 unspecified atom stereocenters. The highest BCUT2D eigenvalue weighted by molar-refractivity contribution is 6.33. The molecule has 1 fully saturated rings. The molecule has 5 heteroatoms. The molecule has 1 amide bonds. The average Bonchev–Trinajstić information content (AvgIpc) is 3.47. The Morgan fingerprint density at radius 2 is 1.92 bits per heavy atom. The van der Waals surface area contributed by atoms with Crippen molar-refractivity contribution in [3.05, 3.63) is 53.6 Å². The number of rotatable bonds is 7. The van der Waals surface area contributed by atoms with Gasteiger partial charge in [-0.15, -0.1) is 0 Å². The van der Waals surface area contributed by atoms with Crippen LogP contribution in [0.1, 0.15) is 19.8 Å². The Kier molecular flexibility index (Phi) is 5.49. The summed E-state index contributed by atoms with van der Waals surface area (Å²) in [5.74, 6) is 1.39. The van der Waals surface area contributed by atoms with Crippen LogP contribution in [0.3, 0.4) is 0 Å². The summed E-state index contributed by atoms with van der Waals surface area (Å²) in [5, 5.41) is 3.76. The highest BCUT2D eigenvalue weighted by Crippen LogP contribution is 2.37. The topological polar surface area (TPSA) is 41.6 Å². The lowest BCUT2D eigenvalue weighted by molar-refractivity contribution is -0.117. The second-order valence-corrected chi connectivity index (χ2v) is 6.78. The predicted octanol–water partition coefficient (Wildman–Crippen LogP) is 4.59. The SMILES string of the molecule is COc1ccc(N(C(=O)CNc2ccccc2Cl)C(C)C2CC2)cc1. The van der Waals surface area contributed by atoms with Crippen LogP contribution in [0.15, 0.2) is 48.5 Å². The van der Waals surface area contributed by atoms with E-state index in [9.17, 15) is 4.79 Å². The van der Waals surface area contributed by atoms with Crippen molar-refractivity contribution < 1.29 is 9.53 Å². The molecule has 2 aromatic rings. The first-order chi connectivity index (χ1) is 12.1. The Balaban J connectivity index is 1.76. The molecule has 0 radical (unpaired) electrons. The van der Waals surface area contributed by atoms with Gasteiger partial charge in [-0.3, -0.25) is 4.79 Å². The average molecular weight is 359 g/mol. The lowest BCUT2D eigenvalue weighted by Crippen LogP contribution is -2.43. The Morgan fingerprint density at radius 1 is 1.24 bits per heavy atom. The summed E-state index contributed by atoms with van der Waals surface area (Å²) >= 11 is 6.16. The molecule has 2 aromatic carbocycles. The largest absolute Gasteiger partial charge is 0.497 e. The zero-order valence-electron chi connectivity index (χ0n) is 14.5. The number of amides is 1. The van der Waals surface area contributed by atoms with Crippen molar-refractivity contribution in [2.75, 3.05) is 23.9 Å². The van der Waals surface area contributed by atoms with Crippen LogP contribution in [-0.2, 0) is 4.79 Å². The van der Waals surface area contributed by atoms with E-state index in [4.69, 9.17) is 16.3 Å². The van der Waals surface area contributed by atoms with Gasteiger partial charge in [-0.05, 0) is 62.1 Å². The van der Waals surface area contributed by atoms with E-state index in [1.165, 1.54) is 12.8 Å². The van der Waals surface area contributed by atoms with Gasteiger partial charge in [-0.1, -0.05) is 23.7 Å². The third-order valence-corrected chi connectivity index (χ3v) is 4.96. The van der Waals surface area contributed by atoms with Crippen molar-refractivity contribution in [2.24, 2.45) is 5.92 Å². The highest BCUT2D eigenvalue weighted by atomic mass is 35.5. The minimum absolute atomic E-state index is 0.0319. The fourth-order valence-corrected chi connectivity index (χ4v) is 3.20. The molecule has 0 aromatic heterocycles. The first-order valence-corrected chi connectivity index (χ1v) is 8.92. The lowest BCUT2D eigenvalue weighted by Gasteiger charge is -2.30. The summed E-state index contributed by atoms with van der Waals surface area (Å²) in [6.45, 7) is 2.32. The van der Waals surface area contributed by atoms with E-state index in [1.54, 1.807) is 7.11 Å². The van der Waals surface area contributed by atoms with Crippen molar-refractivity contribution in [3.63, 3.8) is 0 Å². The summed E-state index contributed by atoms with van der Waals surface area (Å²) in [5.41, 5.74) is 1.66. The molecule has 1 atom stereocenters. The number of para-hydroxylation sites is 1. The molecule has 1 saturated carbocycles. The fourth-order valence-electron chi connectivity index (χ4n) is 3.00. The molecule has 25 heavy (non-hydrogen) atoms. The molecular formula is C20H23ClN2O2. The molecular weight excluding hydrogens is 336 g/mol. The van der Waals surface area contributed by atoms with Gasteiger partial charge in [-0.25, -0.2) is 0 Å². The zero-order chi connectivity index (χ0) is 17.8. The Hall–Kier alpha value is -2.20. The summed E-state index contributed by atoms with van der Waals surface area (Å²) < 4.78 is 5.22. The molecule has 1 N–H and O–H groups in total. The van der Waals surface area contributed by atoms with E-state index in [1.807, 2.05) is 53.4 Å². The number of nitrogens with one attached hydrogen (secondary N) is 1. The maximum absolute atomic E-state index is 12.9. The maximum Gasteiger partial charge on any atom is 0.246 e. The zero-order valence-corrected chi connectivity index (χ0v) is 15.3. The van der Waals surface area contributed by atoms with E-state index in [-0.39, 0.29) is 18.5 Å². The second-order valence-electron chi connectivity index (χ2n) is 6.37. The second kappa shape index (κ2) is 7.79. The van der Waals surface area contributed by atoms with Gasteiger partial charge in [0.05, 0.1) is 24.4 Å². The Morgan fingerprint density at radius 3 is 2.52 bits per heavy atom. The van der Waals surface area contributed by atoms with E-state index in [0.717, 1.165) is 17.1 Å². The summed E-state index contributed by atoms with van der Waals surface area (Å²) in [6, 6.07) is 15.3. The van der Waals surface area contributed by atoms with E-state index in [2.05, 4.69) is 12.2 Å². The molecule has 0 spiro atoms. The number of halogens is 1. The van der Waals surface area contributed by atoms with Crippen LogP contribution in [0.25, 0.3) is 0 Å². The van der Waals surface area contributed by atoms with Crippen molar-refractivity contribution in [1.82, 2.24) is 0 Å². The molecule has 0 saturated heterocycles. The molecule has 0 aliphatic heterocycles. The number of hydrogen-bond donors (Lipinski definition) is 1. The van der Waals surface area contributed by atoms with E-state index < -0.39 is 0 Å². The number of anilines is 2. The van der Waals surface area contributed by atoms with Crippen LogP contribution < -0.4 is 15.0 Å². The monoisotopic (exact) mass is 358 g/mol. The number of carbonyl (C=O) groups excluding carboxylic acids is 1. The van der Waals surface area contributed by atoms with Crippen molar-refractivity contribution in [3.8, 4) is 5.75 Å². The number of methoxy groups -OCH3 is 1. The first kappa shape index (κ1) is 17.6. The van der Waals surface area contributed by atoms with Crippen LogP contribution in [0.4, 0.5) is 11.4 Å².